The maximum Gasteiger partial charge on any atom is 0.306 e. The normalized spacial score (nSPS) is 18.7. The Morgan fingerprint density at radius 2 is 0.791 bits per heavy atom. The predicted octanol–water partition coefficient (Wildman–Crippen LogP) is 19.7. The second-order valence-electron chi connectivity index (χ2n) is 25.3. The van der Waals surface area contributed by atoms with Crippen molar-refractivity contribution in [2.24, 2.45) is 0 Å². The first-order chi connectivity index (χ1) is 44.7. The molecule has 0 aromatic heterocycles. The summed E-state index contributed by atoms with van der Waals surface area (Å²) in [4.78, 5) is 26.7. The molecule has 8 unspecified atom stereocenters. The van der Waals surface area contributed by atoms with Gasteiger partial charge in [-0.1, -0.05) is 309 Å². The second-order valence-corrected chi connectivity index (χ2v) is 25.3. The highest BCUT2D eigenvalue weighted by Crippen LogP contribution is 2.26. The first kappa shape index (κ1) is 85.1. The molecule has 1 heterocycles. The van der Waals surface area contributed by atoms with E-state index in [2.05, 4.69) is 135 Å². The molecule has 1 saturated heterocycles. The van der Waals surface area contributed by atoms with Crippen molar-refractivity contribution in [1.29, 1.82) is 0 Å². The van der Waals surface area contributed by atoms with E-state index >= 15 is 0 Å². The molecule has 1 aliphatic heterocycles. The maximum absolute atomic E-state index is 13.5. The molecule has 522 valence electrons. The number of rotatable bonds is 63. The summed E-state index contributed by atoms with van der Waals surface area (Å²) in [7, 11) is 0. The number of allylic oxidation sites excluding steroid dienone is 19. The molecule has 0 spiro atoms. The first-order valence-corrected chi connectivity index (χ1v) is 37.3. The fraction of sp³-hybridized carbons (Fsp3) is 0.725. The van der Waals surface area contributed by atoms with E-state index in [0.717, 1.165) is 122 Å². The standard InChI is InChI=1S/C80H137NO10/c1-4-7-10-13-16-19-22-24-26-28-30-32-34-36-37-38-40-42-44-46-48-50-53-56-59-62-65-68-75(85)91-78-77(87)76(86)74(69-82)90-80(78)89-70-71(72(83)66-63-60-57-54-51-21-18-15-12-9-6-3)81-79(88)73(84)67-64-61-58-55-52-49-47-45-43-41-39-35-33-31-29-27-25-23-20-17-14-11-8-5-2/h7,10,16-17,19-20,24-27,30-33,36-37,39,41,63,66,71-74,76-78,80,82-84,86-87H,4-6,8-9,11-15,18,21-23,28-29,34-35,38,40,42-62,64-65,67-70H2,1-3H3,(H,81,88)/b10-7-,19-16-,20-17-,26-24-,27-25-,32-30-,33-31-,37-36-,41-39-,66-63+. The van der Waals surface area contributed by atoms with E-state index in [1.54, 1.807) is 6.08 Å². The van der Waals surface area contributed by atoms with Crippen molar-refractivity contribution in [3.05, 3.63) is 122 Å². The zero-order valence-electron chi connectivity index (χ0n) is 58.2. The van der Waals surface area contributed by atoms with E-state index in [1.165, 1.54) is 141 Å². The Labute approximate surface area is 557 Å². The Morgan fingerprint density at radius 1 is 0.440 bits per heavy atom. The van der Waals surface area contributed by atoms with Crippen LogP contribution in [0.5, 0.6) is 0 Å². The summed E-state index contributed by atoms with van der Waals surface area (Å²) in [5.74, 6) is -1.21. The van der Waals surface area contributed by atoms with Gasteiger partial charge < -0.3 is 45.1 Å². The molecule has 91 heavy (non-hydrogen) atoms. The number of hydrogen-bond acceptors (Lipinski definition) is 10. The fourth-order valence-corrected chi connectivity index (χ4v) is 11.0. The van der Waals surface area contributed by atoms with Crippen LogP contribution in [0.25, 0.3) is 0 Å². The number of carbonyl (C=O) groups excluding carboxylic acids is 2. The predicted molar refractivity (Wildman–Crippen MR) is 384 cm³/mol. The van der Waals surface area contributed by atoms with Crippen molar-refractivity contribution in [1.82, 2.24) is 5.32 Å². The number of ether oxygens (including phenoxy) is 3. The minimum Gasteiger partial charge on any atom is -0.454 e. The third-order valence-electron chi connectivity index (χ3n) is 16.8. The summed E-state index contributed by atoms with van der Waals surface area (Å²) in [6.07, 6.45) is 82.4. The van der Waals surface area contributed by atoms with Crippen LogP contribution >= 0.6 is 0 Å². The molecule has 0 aliphatic carbocycles. The lowest BCUT2D eigenvalue weighted by atomic mass is 9.99. The largest absolute Gasteiger partial charge is 0.454 e. The molecule has 0 saturated carbocycles. The van der Waals surface area contributed by atoms with Crippen LogP contribution in [0.3, 0.4) is 0 Å². The maximum atomic E-state index is 13.5. The average molecular weight is 1270 g/mol. The summed E-state index contributed by atoms with van der Waals surface area (Å²) < 4.78 is 17.7. The van der Waals surface area contributed by atoms with E-state index in [9.17, 15) is 35.1 Å². The van der Waals surface area contributed by atoms with Crippen molar-refractivity contribution in [3.8, 4) is 0 Å². The minimum absolute atomic E-state index is 0.113. The first-order valence-electron chi connectivity index (χ1n) is 37.3. The molecular formula is C80H137NO10. The molecule has 8 atom stereocenters. The van der Waals surface area contributed by atoms with Gasteiger partial charge in [0.15, 0.2) is 12.4 Å². The summed E-state index contributed by atoms with van der Waals surface area (Å²) >= 11 is 0. The molecule has 1 aliphatic rings. The van der Waals surface area contributed by atoms with Gasteiger partial charge in [0.2, 0.25) is 5.91 Å². The molecule has 11 heteroatoms. The average Bonchev–Trinajstić information content (AvgIpc) is 1.14. The lowest BCUT2D eigenvalue weighted by molar-refractivity contribution is -0.305. The molecule has 0 aromatic carbocycles. The second kappa shape index (κ2) is 66.1. The van der Waals surface area contributed by atoms with Crippen molar-refractivity contribution in [2.75, 3.05) is 13.2 Å². The molecule has 11 nitrogen and oxygen atoms in total. The fourth-order valence-electron chi connectivity index (χ4n) is 11.0. The lowest BCUT2D eigenvalue weighted by Crippen LogP contribution is -2.61. The smallest absolute Gasteiger partial charge is 0.306 e. The number of unbranched alkanes of at least 4 members (excludes halogenated alkanes) is 31. The van der Waals surface area contributed by atoms with Gasteiger partial charge >= 0.3 is 5.97 Å². The third kappa shape index (κ3) is 53.1. The zero-order valence-corrected chi connectivity index (χ0v) is 58.2. The summed E-state index contributed by atoms with van der Waals surface area (Å²) in [5, 5.41) is 57.3. The van der Waals surface area contributed by atoms with E-state index in [4.69, 9.17) is 14.2 Å². The van der Waals surface area contributed by atoms with Crippen LogP contribution in [0.15, 0.2) is 122 Å². The van der Waals surface area contributed by atoms with Gasteiger partial charge in [-0.2, -0.15) is 0 Å². The highest BCUT2D eigenvalue weighted by molar-refractivity contribution is 5.80. The van der Waals surface area contributed by atoms with E-state index < -0.39 is 67.4 Å². The Bertz CT molecular complexity index is 1950. The van der Waals surface area contributed by atoms with E-state index in [0.29, 0.717) is 12.8 Å². The van der Waals surface area contributed by atoms with Gasteiger partial charge in [0, 0.05) is 6.42 Å². The number of aliphatic hydroxyl groups excluding tert-OH is 5. The monoisotopic (exact) mass is 1270 g/mol. The van der Waals surface area contributed by atoms with E-state index in [1.807, 2.05) is 6.08 Å². The van der Waals surface area contributed by atoms with E-state index in [-0.39, 0.29) is 19.4 Å². The van der Waals surface area contributed by atoms with Crippen LogP contribution in [0.4, 0.5) is 0 Å². The van der Waals surface area contributed by atoms with Crippen molar-refractivity contribution in [2.45, 2.75) is 359 Å². The van der Waals surface area contributed by atoms with Gasteiger partial charge in [-0.15, -0.1) is 0 Å². The van der Waals surface area contributed by atoms with Crippen molar-refractivity contribution in [3.63, 3.8) is 0 Å². The molecule has 1 rings (SSSR count). The molecule has 0 aromatic rings. The van der Waals surface area contributed by atoms with Crippen LogP contribution in [0.1, 0.15) is 310 Å². The minimum atomic E-state index is -1.62. The van der Waals surface area contributed by atoms with Gasteiger partial charge in [-0.05, 0) is 116 Å². The van der Waals surface area contributed by atoms with Gasteiger partial charge in [0.05, 0.1) is 25.4 Å². The third-order valence-corrected chi connectivity index (χ3v) is 16.8. The Morgan fingerprint density at radius 3 is 1.21 bits per heavy atom. The number of nitrogens with one attached hydrogen (secondary N) is 1. The van der Waals surface area contributed by atoms with Gasteiger partial charge in [0.1, 0.15) is 24.4 Å². The van der Waals surface area contributed by atoms with Gasteiger partial charge in [-0.3, -0.25) is 9.59 Å². The molecule has 1 amide bonds. The zero-order chi connectivity index (χ0) is 66.0. The van der Waals surface area contributed by atoms with Crippen LogP contribution < -0.4 is 5.32 Å². The molecule has 1 fully saturated rings. The lowest BCUT2D eigenvalue weighted by Gasteiger charge is -2.41. The Hall–Kier alpha value is -3.94. The summed E-state index contributed by atoms with van der Waals surface area (Å²) in [5.41, 5.74) is 0. The summed E-state index contributed by atoms with van der Waals surface area (Å²) in [6, 6.07) is -1.04. The highest BCUT2D eigenvalue weighted by Gasteiger charge is 2.47. The van der Waals surface area contributed by atoms with Crippen molar-refractivity contribution < 1.29 is 49.3 Å². The van der Waals surface area contributed by atoms with Gasteiger partial charge in [-0.25, -0.2) is 0 Å². The van der Waals surface area contributed by atoms with Crippen LogP contribution in [0, 0.1) is 0 Å². The molecular weight excluding hydrogens is 1130 g/mol. The number of hydrogen-bond donors (Lipinski definition) is 6. The molecule has 6 N–H and O–H groups in total. The molecule has 0 bridgehead atoms. The summed E-state index contributed by atoms with van der Waals surface area (Å²) in [6.45, 7) is 5.66. The van der Waals surface area contributed by atoms with Gasteiger partial charge in [0.25, 0.3) is 0 Å². The van der Waals surface area contributed by atoms with Crippen molar-refractivity contribution >= 4 is 11.9 Å². The Kier molecular flexibility index (Phi) is 61.8. The number of carbonyl (C=O) groups is 2. The number of aliphatic hydroxyl groups is 5. The SMILES string of the molecule is CC/C=C\C/C=C\C/C=C\C/C=C\C/C=C\CCCCCCCCCCCCCC(=O)OC1C(OCC(NC(=O)C(O)CCCCCCCCCC/C=C\C/C=C\C/C=C\C/C=C\CCCCC)C(O)/C=C/CCCCCCCCCCC)OC(CO)C(O)C1O. The quantitative estimate of drug-likeness (QED) is 0.0195. The topological polar surface area (TPSA) is 175 Å². The highest BCUT2D eigenvalue weighted by atomic mass is 16.7. The Balaban J connectivity index is 2.53. The van der Waals surface area contributed by atoms with Crippen LogP contribution in [-0.4, -0.2) is 99.6 Å². The molecule has 0 radical (unpaired) electrons. The number of amides is 1. The van der Waals surface area contributed by atoms with Crippen LogP contribution in [-0.2, 0) is 23.8 Å². The number of esters is 1. The van der Waals surface area contributed by atoms with Crippen LogP contribution in [0.2, 0.25) is 0 Å².